The van der Waals surface area contributed by atoms with E-state index in [-0.39, 0.29) is 0 Å². The third-order valence-electron chi connectivity index (χ3n) is 0.365. The molecule has 0 N–H and O–H groups in total. The molecule has 0 heterocycles. The first-order valence-corrected chi connectivity index (χ1v) is 4.70. The quantitative estimate of drug-likeness (QED) is 0.421. The standard InChI is InChI=1S/C4H9N.2C3H6.C2H6/c1-4(2)5-3;2*1-3-2;1-2/h4H,3H2,1-2H3;2*3H,1H2,2H3;1-2H3. The molecule has 0 aromatic rings. The molecule has 0 rings (SSSR count). The van der Waals surface area contributed by atoms with Gasteiger partial charge in [-0.3, -0.25) is 4.99 Å². The van der Waals surface area contributed by atoms with Crippen molar-refractivity contribution in [3.8, 4) is 0 Å². The summed E-state index contributed by atoms with van der Waals surface area (Å²) < 4.78 is 0. The van der Waals surface area contributed by atoms with E-state index in [1.807, 2.05) is 41.5 Å². The number of allylic oxidation sites excluding steroid dienone is 2. The molecule has 0 unspecified atom stereocenters. The smallest absolute Gasteiger partial charge is 0.0436 e. The van der Waals surface area contributed by atoms with Crippen LogP contribution in [0.4, 0.5) is 0 Å². The van der Waals surface area contributed by atoms with Gasteiger partial charge < -0.3 is 0 Å². The first-order valence-electron chi connectivity index (χ1n) is 4.70. The molecule has 0 saturated carbocycles. The fourth-order valence-corrected chi connectivity index (χ4v) is 0. The van der Waals surface area contributed by atoms with Gasteiger partial charge in [0, 0.05) is 6.04 Å². The molecule has 0 aliphatic carbocycles. The monoisotopic (exact) mass is 185 g/mol. The summed E-state index contributed by atoms with van der Waals surface area (Å²) in [6, 6.07) is 0.398. The molecule has 0 amide bonds. The summed E-state index contributed by atoms with van der Waals surface area (Å²) in [5.74, 6) is 0. The van der Waals surface area contributed by atoms with E-state index in [0.29, 0.717) is 6.04 Å². The fourth-order valence-electron chi connectivity index (χ4n) is 0. The van der Waals surface area contributed by atoms with Gasteiger partial charge in [-0.05, 0) is 34.4 Å². The van der Waals surface area contributed by atoms with Crippen LogP contribution in [0.5, 0.6) is 0 Å². The SMILES string of the molecule is C=CC.C=CC.C=NC(C)C.CC. The second-order valence-electron chi connectivity index (χ2n) is 2.09. The maximum atomic E-state index is 3.64. The van der Waals surface area contributed by atoms with Crippen molar-refractivity contribution in [1.29, 1.82) is 0 Å². The highest BCUT2D eigenvalue weighted by Crippen LogP contribution is 1.77. The van der Waals surface area contributed by atoms with Crippen LogP contribution in [0, 0.1) is 0 Å². The second kappa shape index (κ2) is 43.3. The van der Waals surface area contributed by atoms with E-state index < -0.39 is 0 Å². The minimum absolute atomic E-state index is 0.398. The van der Waals surface area contributed by atoms with Gasteiger partial charge in [0.2, 0.25) is 0 Å². The first kappa shape index (κ1) is 22.7. The van der Waals surface area contributed by atoms with E-state index in [9.17, 15) is 0 Å². The maximum absolute atomic E-state index is 3.64. The largest absolute Gasteiger partial charge is 0.298 e. The molecule has 1 heteroatoms. The number of rotatable bonds is 1. The normalized spacial score (nSPS) is 5.77. The molecule has 13 heavy (non-hydrogen) atoms. The van der Waals surface area contributed by atoms with E-state index in [4.69, 9.17) is 0 Å². The first-order chi connectivity index (χ1) is 6.10. The van der Waals surface area contributed by atoms with Crippen LogP contribution in [0.25, 0.3) is 0 Å². The highest BCUT2D eigenvalue weighted by atomic mass is 14.7. The van der Waals surface area contributed by atoms with Gasteiger partial charge in [0.05, 0.1) is 0 Å². The van der Waals surface area contributed by atoms with Crippen molar-refractivity contribution >= 4 is 6.72 Å². The Morgan fingerprint density at radius 3 is 1.08 bits per heavy atom. The van der Waals surface area contributed by atoms with E-state index in [1.54, 1.807) is 12.2 Å². The Morgan fingerprint density at radius 2 is 1.08 bits per heavy atom. The Hall–Kier alpha value is -0.850. The van der Waals surface area contributed by atoms with Crippen LogP contribution >= 0.6 is 0 Å². The van der Waals surface area contributed by atoms with E-state index >= 15 is 0 Å². The molecular formula is C12H27N. The predicted octanol–water partition coefficient (Wildman–Crippen LogP) is 4.51. The average Bonchev–Trinajstić information content (AvgIpc) is 2.11. The van der Waals surface area contributed by atoms with Gasteiger partial charge >= 0.3 is 0 Å². The zero-order valence-corrected chi connectivity index (χ0v) is 10.3. The number of hydrogen-bond donors (Lipinski definition) is 0. The van der Waals surface area contributed by atoms with Crippen LogP contribution in [0.15, 0.2) is 30.3 Å². The Balaban J connectivity index is -0.0000000446. The number of nitrogens with zero attached hydrogens (tertiary/aromatic N) is 1. The summed E-state index contributed by atoms with van der Waals surface area (Å²) in [6.45, 7) is 21.8. The topological polar surface area (TPSA) is 12.4 Å². The summed E-state index contributed by atoms with van der Waals surface area (Å²) in [5.41, 5.74) is 0. The van der Waals surface area contributed by atoms with Crippen LogP contribution in [0.2, 0.25) is 0 Å². The summed E-state index contributed by atoms with van der Waals surface area (Å²) >= 11 is 0. The third kappa shape index (κ3) is 706. The van der Waals surface area contributed by atoms with Crippen molar-refractivity contribution in [2.45, 2.75) is 47.6 Å². The van der Waals surface area contributed by atoms with Crippen LogP contribution in [-0.4, -0.2) is 12.8 Å². The lowest BCUT2D eigenvalue weighted by atomic mass is 10.4. The van der Waals surface area contributed by atoms with Gasteiger partial charge in [0.15, 0.2) is 0 Å². The molecule has 0 fully saturated rings. The highest BCUT2D eigenvalue weighted by Gasteiger charge is 1.74. The summed E-state index contributed by atoms with van der Waals surface area (Å²) in [4.78, 5) is 3.64. The number of aliphatic imine (C=N–C) groups is 1. The lowest BCUT2D eigenvalue weighted by Crippen LogP contribution is -1.82. The zero-order valence-electron chi connectivity index (χ0n) is 10.3. The Morgan fingerprint density at radius 1 is 1.00 bits per heavy atom. The highest BCUT2D eigenvalue weighted by molar-refractivity contribution is 5.23. The van der Waals surface area contributed by atoms with Gasteiger partial charge in [0.25, 0.3) is 0 Å². The van der Waals surface area contributed by atoms with Crippen molar-refractivity contribution < 1.29 is 0 Å². The molecule has 80 valence electrons. The molecule has 0 saturated heterocycles. The second-order valence-corrected chi connectivity index (χ2v) is 2.09. The van der Waals surface area contributed by atoms with Crippen molar-refractivity contribution in [2.75, 3.05) is 0 Å². The molecule has 0 aromatic carbocycles. The lowest BCUT2D eigenvalue weighted by molar-refractivity contribution is 0.844. The molecular weight excluding hydrogens is 158 g/mol. The van der Waals surface area contributed by atoms with E-state index in [2.05, 4.69) is 24.9 Å². The van der Waals surface area contributed by atoms with Gasteiger partial charge in [-0.1, -0.05) is 26.0 Å². The summed E-state index contributed by atoms with van der Waals surface area (Å²) in [6.07, 6.45) is 3.50. The molecule has 0 spiro atoms. The van der Waals surface area contributed by atoms with Crippen LogP contribution < -0.4 is 0 Å². The van der Waals surface area contributed by atoms with E-state index in [1.165, 1.54) is 0 Å². The average molecular weight is 185 g/mol. The third-order valence-corrected chi connectivity index (χ3v) is 0.365. The minimum atomic E-state index is 0.398. The Kier molecular flexibility index (Phi) is 75.8. The summed E-state index contributed by atoms with van der Waals surface area (Å²) in [7, 11) is 0. The van der Waals surface area contributed by atoms with Crippen molar-refractivity contribution in [1.82, 2.24) is 0 Å². The molecule has 0 bridgehead atoms. The molecule has 0 aliphatic heterocycles. The van der Waals surface area contributed by atoms with Gasteiger partial charge in [-0.2, -0.15) is 0 Å². The predicted molar refractivity (Wildman–Crippen MR) is 67.8 cm³/mol. The van der Waals surface area contributed by atoms with Crippen LogP contribution in [-0.2, 0) is 0 Å². The van der Waals surface area contributed by atoms with Gasteiger partial charge in [0.1, 0.15) is 0 Å². The van der Waals surface area contributed by atoms with Crippen molar-refractivity contribution in [3.05, 3.63) is 25.3 Å². The molecule has 0 aromatic heterocycles. The fraction of sp³-hybridized carbons (Fsp3) is 0.583. The van der Waals surface area contributed by atoms with Crippen LogP contribution in [0.1, 0.15) is 41.5 Å². The molecule has 1 nitrogen and oxygen atoms in total. The zero-order chi connectivity index (χ0) is 11.7. The van der Waals surface area contributed by atoms with Gasteiger partial charge in [-0.15, -0.1) is 13.2 Å². The molecule has 0 radical (unpaired) electrons. The van der Waals surface area contributed by atoms with E-state index in [0.717, 1.165) is 0 Å². The van der Waals surface area contributed by atoms with Crippen molar-refractivity contribution in [3.63, 3.8) is 0 Å². The molecule has 0 aliphatic rings. The molecule has 0 atom stereocenters. The van der Waals surface area contributed by atoms with Crippen molar-refractivity contribution in [2.24, 2.45) is 4.99 Å². The maximum Gasteiger partial charge on any atom is 0.0436 e. The summed E-state index contributed by atoms with van der Waals surface area (Å²) in [5, 5.41) is 0. The minimum Gasteiger partial charge on any atom is -0.298 e. The lowest BCUT2D eigenvalue weighted by Gasteiger charge is -1.85. The number of hydrogen-bond acceptors (Lipinski definition) is 1. The Bertz CT molecular complexity index is 77.1. The van der Waals surface area contributed by atoms with Gasteiger partial charge in [-0.25, -0.2) is 0 Å². The van der Waals surface area contributed by atoms with Crippen LogP contribution in [0.3, 0.4) is 0 Å². The Labute approximate surface area is 85.3 Å².